The van der Waals surface area contributed by atoms with Crippen molar-refractivity contribution in [3.8, 4) is 0 Å². The van der Waals surface area contributed by atoms with Crippen molar-refractivity contribution in [1.29, 1.82) is 0 Å². The average Bonchev–Trinajstić information content (AvgIpc) is 2.39. The molecule has 5 N–H and O–H groups in total. The molecular formula is C15H24N2O4. The second-order valence-corrected chi connectivity index (χ2v) is 5.14. The molecule has 1 rings (SSSR count). The van der Waals surface area contributed by atoms with Crippen LogP contribution in [0.3, 0.4) is 0 Å². The van der Waals surface area contributed by atoms with Crippen molar-refractivity contribution < 1.29 is 19.8 Å². The summed E-state index contributed by atoms with van der Waals surface area (Å²) in [6.45, 7) is 5.50. The van der Waals surface area contributed by atoms with Gasteiger partial charge in [-0.2, -0.15) is 0 Å². The van der Waals surface area contributed by atoms with E-state index in [1.807, 2.05) is 44.2 Å². The third-order valence-corrected chi connectivity index (χ3v) is 2.57. The third kappa shape index (κ3) is 9.45. The summed E-state index contributed by atoms with van der Waals surface area (Å²) in [6, 6.07) is 8.03. The molecule has 6 heteroatoms. The zero-order valence-corrected chi connectivity index (χ0v) is 12.6. The summed E-state index contributed by atoms with van der Waals surface area (Å²) in [5.41, 5.74) is 6.04. The fourth-order valence-electron chi connectivity index (χ4n) is 1.45. The van der Waals surface area contributed by atoms with Gasteiger partial charge in [0, 0.05) is 5.69 Å². The Kier molecular flexibility index (Phi) is 8.80. The summed E-state index contributed by atoms with van der Waals surface area (Å²) in [4.78, 5) is 20.6. The molecule has 0 spiro atoms. The Morgan fingerprint density at radius 1 is 1.10 bits per heavy atom. The highest BCUT2D eigenvalue weighted by molar-refractivity contribution is 5.76. The van der Waals surface area contributed by atoms with Gasteiger partial charge in [-0.15, -0.1) is 0 Å². The van der Waals surface area contributed by atoms with E-state index in [2.05, 4.69) is 5.32 Å². The van der Waals surface area contributed by atoms with Gasteiger partial charge >= 0.3 is 11.9 Å². The van der Waals surface area contributed by atoms with Crippen molar-refractivity contribution in [3.05, 3.63) is 30.3 Å². The van der Waals surface area contributed by atoms with Gasteiger partial charge in [-0.25, -0.2) is 0 Å². The van der Waals surface area contributed by atoms with Gasteiger partial charge in [-0.05, 0) is 31.4 Å². The van der Waals surface area contributed by atoms with E-state index in [1.165, 1.54) is 0 Å². The molecule has 0 saturated heterocycles. The zero-order valence-electron chi connectivity index (χ0n) is 12.6. The highest BCUT2D eigenvalue weighted by Gasteiger charge is 2.12. The summed E-state index contributed by atoms with van der Waals surface area (Å²) in [5.74, 6) is -1.40. The Morgan fingerprint density at radius 3 is 1.95 bits per heavy atom. The number of carboxylic acid groups (broad SMARTS) is 2. The van der Waals surface area contributed by atoms with Crippen molar-refractivity contribution in [2.75, 3.05) is 5.32 Å². The van der Waals surface area contributed by atoms with Crippen molar-refractivity contribution in [3.63, 3.8) is 0 Å². The van der Waals surface area contributed by atoms with Crippen LogP contribution in [0.15, 0.2) is 30.3 Å². The highest BCUT2D eigenvalue weighted by atomic mass is 16.4. The van der Waals surface area contributed by atoms with Crippen LogP contribution in [-0.2, 0) is 9.59 Å². The van der Waals surface area contributed by atoms with E-state index < -0.39 is 24.0 Å². The second kappa shape index (κ2) is 9.77. The lowest BCUT2D eigenvalue weighted by molar-refractivity contribution is -0.139. The van der Waals surface area contributed by atoms with Crippen molar-refractivity contribution in [1.82, 2.24) is 0 Å². The normalized spacial score (nSPS) is 12.8. The van der Waals surface area contributed by atoms with E-state index in [0.29, 0.717) is 12.3 Å². The van der Waals surface area contributed by atoms with Gasteiger partial charge in [0.1, 0.15) is 12.1 Å². The summed E-state index contributed by atoms with van der Waals surface area (Å²) in [5, 5.41) is 19.7. The number of benzene rings is 1. The predicted molar refractivity (Wildman–Crippen MR) is 82.2 cm³/mol. The van der Waals surface area contributed by atoms with Crippen LogP contribution < -0.4 is 11.1 Å². The molecule has 0 aliphatic rings. The fraction of sp³-hybridized carbons (Fsp3) is 0.467. The van der Waals surface area contributed by atoms with Gasteiger partial charge in [0.15, 0.2) is 0 Å². The first kappa shape index (κ1) is 18.9. The topological polar surface area (TPSA) is 113 Å². The van der Waals surface area contributed by atoms with Gasteiger partial charge in [0.2, 0.25) is 0 Å². The standard InChI is InChI=1S/C9H11NO2.C6H13NO2/c1-7(9(11)12)10-8-5-3-2-4-6-8;1-4(2)3-5(7)6(8)9/h2-7,10H,1H3,(H,11,12);4-5H,3,7H2,1-2H3,(H,8,9). The number of carboxylic acids is 2. The Bertz CT molecular complexity index is 435. The van der Waals surface area contributed by atoms with Gasteiger partial charge in [-0.1, -0.05) is 32.0 Å². The molecule has 0 heterocycles. The van der Waals surface area contributed by atoms with Crippen molar-refractivity contribution >= 4 is 17.6 Å². The SMILES string of the molecule is CC(C)CC(N)C(=O)O.CC(Nc1ccccc1)C(=O)O. The summed E-state index contributed by atoms with van der Waals surface area (Å²) < 4.78 is 0. The quantitative estimate of drug-likeness (QED) is 0.639. The maximum Gasteiger partial charge on any atom is 0.325 e. The number of nitrogens with two attached hydrogens (primary N) is 1. The van der Waals surface area contributed by atoms with E-state index in [-0.39, 0.29) is 0 Å². The van der Waals surface area contributed by atoms with Crippen LogP contribution >= 0.6 is 0 Å². The van der Waals surface area contributed by atoms with Crippen molar-refractivity contribution in [2.24, 2.45) is 11.7 Å². The second-order valence-electron chi connectivity index (χ2n) is 5.14. The lowest BCUT2D eigenvalue weighted by Crippen LogP contribution is -2.31. The Morgan fingerprint density at radius 2 is 1.62 bits per heavy atom. The van der Waals surface area contributed by atoms with E-state index in [1.54, 1.807) is 6.92 Å². The molecule has 2 unspecified atom stereocenters. The third-order valence-electron chi connectivity index (χ3n) is 2.57. The first-order valence-electron chi connectivity index (χ1n) is 6.76. The van der Waals surface area contributed by atoms with E-state index in [4.69, 9.17) is 15.9 Å². The molecule has 0 aliphatic carbocycles. The first-order valence-corrected chi connectivity index (χ1v) is 6.76. The zero-order chi connectivity index (χ0) is 16.4. The molecule has 0 saturated carbocycles. The number of aliphatic carboxylic acids is 2. The van der Waals surface area contributed by atoms with Crippen LogP contribution in [0.4, 0.5) is 5.69 Å². The Labute approximate surface area is 125 Å². The van der Waals surface area contributed by atoms with Gasteiger partial charge in [-0.3, -0.25) is 9.59 Å². The van der Waals surface area contributed by atoms with Gasteiger partial charge in [0.05, 0.1) is 0 Å². The number of hydrogen-bond donors (Lipinski definition) is 4. The lowest BCUT2D eigenvalue weighted by Gasteiger charge is -2.09. The van der Waals surface area contributed by atoms with E-state index in [0.717, 1.165) is 5.69 Å². The molecule has 118 valence electrons. The molecule has 0 fully saturated rings. The van der Waals surface area contributed by atoms with Gasteiger partial charge in [0.25, 0.3) is 0 Å². The molecule has 1 aromatic carbocycles. The van der Waals surface area contributed by atoms with Crippen LogP contribution in [0, 0.1) is 5.92 Å². The number of nitrogens with one attached hydrogen (secondary N) is 1. The summed E-state index contributed by atoms with van der Waals surface area (Å²) in [7, 11) is 0. The van der Waals surface area contributed by atoms with Crippen LogP contribution in [0.1, 0.15) is 27.2 Å². The molecule has 0 amide bonds. The first-order chi connectivity index (χ1) is 9.73. The minimum atomic E-state index is -0.913. The largest absolute Gasteiger partial charge is 0.480 e. The molecule has 1 aromatic rings. The Hall–Kier alpha value is -2.08. The Balaban J connectivity index is 0.000000400. The van der Waals surface area contributed by atoms with Crippen molar-refractivity contribution in [2.45, 2.75) is 39.3 Å². The maximum atomic E-state index is 10.4. The number of para-hydroxylation sites is 1. The molecule has 6 nitrogen and oxygen atoms in total. The number of carbonyl (C=O) groups is 2. The maximum absolute atomic E-state index is 10.4. The number of hydrogen-bond acceptors (Lipinski definition) is 4. The molecule has 0 radical (unpaired) electrons. The molecule has 0 aliphatic heterocycles. The van der Waals surface area contributed by atoms with Crippen LogP contribution in [0.2, 0.25) is 0 Å². The van der Waals surface area contributed by atoms with Crippen LogP contribution in [-0.4, -0.2) is 34.2 Å². The molecule has 2 atom stereocenters. The average molecular weight is 296 g/mol. The smallest absolute Gasteiger partial charge is 0.325 e. The van der Waals surface area contributed by atoms with E-state index in [9.17, 15) is 9.59 Å². The molecule has 21 heavy (non-hydrogen) atoms. The van der Waals surface area contributed by atoms with Crippen LogP contribution in [0.25, 0.3) is 0 Å². The lowest BCUT2D eigenvalue weighted by atomic mass is 10.1. The summed E-state index contributed by atoms with van der Waals surface area (Å²) >= 11 is 0. The molecular weight excluding hydrogens is 272 g/mol. The minimum Gasteiger partial charge on any atom is -0.480 e. The highest BCUT2D eigenvalue weighted by Crippen LogP contribution is 2.06. The fourth-order valence-corrected chi connectivity index (χ4v) is 1.45. The van der Waals surface area contributed by atoms with Crippen LogP contribution in [0.5, 0.6) is 0 Å². The molecule has 0 aromatic heterocycles. The van der Waals surface area contributed by atoms with E-state index >= 15 is 0 Å². The predicted octanol–water partition coefficient (Wildman–Crippen LogP) is 2.02. The monoisotopic (exact) mass is 296 g/mol. The number of anilines is 1. The van der Waals surface area contributed by atoms with Gasteiger partial charge < -0.3 is 21.3 Å². The summed E-state index contributed by atoms with van der Waals surface area (Å²) in [6.07, 6.45) is 0.551. The number of rotatable bonds is 6. The molecule has 0 bridgehead atoms. The minimum absolute atomic E-state index is 0.357.